The lowest BCUT2D eigenvalue weighted by Gasteiger charge is -2.26. The van der Waals surface area contributed by atoms with Gasteiger partial charge in [-0.2, -0.15) is 0 Å². The number of hydrogen-bond acceptors (Lipinski definition) is 5. The molecule has 7 heteroatoms. The van der Waals surface area contributed by atoms with Crippen LogP contribution in [-0.4, -0.2) is 38.9 Å². The van der Waals surface area contributed by atoms with Crippen LogP contribution in [0, 0.1) is 0 Å². The molecule has 25 heavy (non-hydrogen) atoms. The summed E-state index contributed by atoms with van der Waals surface area (Å²) in [5.41, 5.74) is 1.26. The summed E-state index contributed by atoms with van der Waals surface area (Å²) in [6.45, 7) is 0.400. The van der Waals surface area contributed by atoms with Crippen molar-refractivity contribution in [3.05, 3.63) is 47.0 Å². The van der Waals surface area contributed by atoms with E-state index in [1.54, 1.807) is 5.38 Å². The molecule has 0 radical (unpaired) electrons. The molecule has 1 heterocycles. The van der Waals surface area contributed by atoms with Crippen molar-refractivity contribution in [3.63, 3.8) is 0 Å². The Morgan fingerprint density at radius 2 is 1.92 bits per heavy atom. The van der Waals surface area contributed by atoms with Crippen molar-refractivity contribution in [1.29, 1.82) is 0 Å². The number of hydrogen-bond donors (Lipinski definition) is 1. The van der Waals surface area contributed by atoms with E-state index in [1.165, 1.54) is 11.3 Å². The standard InChI is InChI=1S/C18H22N4O2S/c23-17(19-15-9-5-2-6-10-15)12-22(11-14-7-3-1-4-8-14)18(24)16-13-25-21-20-16/h1,3-4,7-8,13,15H,2,5-6,9-12H2,(H,19,23). The van der Waals surface area contributed by atoms with Crippen molar-refractivity contribution >= 4 is 23.3 Å². The fraction of sp³-hybridized carbons (Fsp3) is 0.444. The lowest BCUT2D eigenvalue weighted by molar-refractivity contribution is -0.122. The van der Waals surface area contributed by atoms with Crippen molar-refractivity contribution in [2.75, 3.05) is 6.54 Å². The van der Waals surface area contributed by atoms with Crippen molar-refractivity contribution < 1.29 is 9.59 Å². The zero-order valence-electron chi connectivity index (χ0n) is 14.1. The molecule has 0 aliphatic heterocycles. The predicted octanol–water partition coefficient (Wildman–Crippen LogP) is 2.63. The third-order valence-corrected chi connectivity index (χ3v) is 4.89. The largest absolute Gasteiger partial charge is 0.352 e. The Morgan fingerprint density at radius 3 is 2.60 bits per heavy atom. The number of nitrogens with one attached hydrogen (secondary N) is 1. The minimum Gasteiger partial charge on any atom is -0.352 e. The van der Waals surface area contributed by atoms with Gasteiger partial charge in [-0.15, -0.1) is 5.10 Å². The van der Waals surface area contributed by atoms with E-state index in [2.05, 4.69) is 14.9 Å². The van der Waals surface area contributed by atoms with Gasteiger partial charge < -0.3 is 10.2 Å². The highest BCUT2D eigenvalue weighted by molar-refractivity contribution is 7.03. The number of nitrogens with zero attached hydrogens (tertiary/aromatic N) is 3. The monoisotopic (exact) mass is 358 g/mol. The van der Waals surface area contributed by atoms with Gasteiger partial charge in [-0.1, -0.05) is 54.1 Å². The maximum absolute atomic E-state index is 12.7. The van der Waals surface area contributed by atoms with Crippen LogP contribution in [0.5, 0.6) is 0 Å². The molecular formula is C18H22N4O2S. The molecule has 1 aliphatic carbocycles. The molecule has 1 N–H and O–H groups in total. The van der Waals surface area contributed by atoms with Crippen LogP contribution in [0.25, 0.3) is 0 Å². The molecule has 0 atom stereocenters. The first-order valence-corrected chi connectivity index (χ1v) is 9.45. The SMILES string of the molecule is O=C(CN(Cc1ccccc1)C(=O)c1csnn1)NC1CCCCC1. The van der Waals surface area contributed by atoms with E-state index in [4.69, 9.17) is 0 Å². The maximum Gasteiger partial charge on any atom is 0.276 e. The quantitative estimate of drug-likeness (QED) is 0.861. The molecule has 1 aromatic heterocycles. The van der Waals surface area contributed by atoms with E-state index in [-0.39, 0.29) is 30.1 Å². The Balaban J connectivity index is 1.67. The van der Waals surface area contributed by atoms with Crippen molar-refractivity contribution in [2.24, 2.45) is 0 Å². The van der Waals surface area contributed by atoms with E-state index >= 15 is 0 Å². The van der Waals surface area contributed by atoms with E-state index < -0.39 is 0 Å². The maximum atomic E-state index is 12.7. The summed E-state index contributed by atoms with van der Waals surface area (Å²) in [5, 5.41) is 8.53. The average molecular weight is 358 g/mol. The number of amides is 2. The summed E-state index contributed by atoms with van der Waals surface area (Å²) < 4.78 is 3.75. The highest BCUT2D eigenvalue weighted by Crippen LogP contribution is 2.17. The van der Waals surface area contributed by atoms with Gasteiger partial charge in [0, 0.05) is 18.0 Å². The first kappa shape index (κ1) is 17.5. The average Bonchev–Trinajstić information content (AvgIpc) is 3.17. The third kappa shape index (κ3) is 5.09. The molecule has 1 fully saturated rings. The second kappa shape index (κ2) is 8.71. The highest BCUT2D eigenvalue weighted by Gasteiger charge is 2.23. The lowest BCUT2D eigenvalue weighted by Crippen LogP contribution is -2.44. The first-order chi connectivity index (χ1) is 12.2. The van der Waals surface area contributed by atoms with Crippen LogP contribution in [0.15, 0.2) is 35.7 Å². The number of rotatable bonds is 6. The van der Waals surface area contributed by atoms with Crippen LogP contribution < -0.4 is 5.32 Å². The zero-order valence-corrected chi connectivity index (χ0v) is 14.9. The molecule has 1 aromatic carbocycles. The van der Waals surface area contributed by atoms with Gasteiger partial charge in [-0.3, -0.25) is 9.59 Å². The smallest absolute Gasteiger partial charge is 0.276 e. The number of carbonyl (C=O) groups excluding carboxylic acids is 2. The van der Waals surface area contributed by atoms with Crippen molar-refractivity contribution in [3.8, 4) is 0 Å². The van der Waals surface area contributed by atoms with Crippen LogP contribution in [0.1, 0.15) is 48.2 Å². The minimum atomic E-state index is -0.267. The number of benzene rings is 1. The van der Waals surface area contributed by atoms with Gasteiger partial charge in [0.2, 0.25) is 5.91 Å². The van der Waals surface area contributed by atoms with Crippen LogP contribution in [0.4, 0.5) is 0 Å². The molecule has 0 unspecified atom stereocenters. The summed E-state index contributed by atoms with van der Waals surface area (Å²) in [5.74, 6) is -0.379. The Kier molecular flexibility index (Phi) is 6.11. The summed E-state index contributed by atoms with van der Waals surface area (Å²) in [6.07, 6.45) is 5.59. The highest BCUT2D eigenvalue weighted by atomic mass is 32.1. The van der Waals surface area contributed by atoms with E-state index in [9.17, 15) is 9.59 Å². The summed E-state index contributed by atoms with van der Waals surface area (Å²) >= 11 is 1.13. The van der Waals surface area contributed by atoms with E-state index in [1.807, 2.05) is 30.3 Å². The van der Waals surface area contributed by atoms with Crippen LogP contribution >= 0.6 is 11.5 Å². The van der Waals surface area contributed by atoms with Crippen molar-refractivity contribution in [1.82, 2.24) is 19.8 Å². The van der Waals surface area contributed by atoms with Gasteiger partial charge >= 0.3 is 0 Å². The summed E-state index contributed by atoms with van der Waals surface area (Å²) in [6, 6.07) is 9.89. The molecule has 1 saturated carbocycles. The van der Waals surface area contributed by atoms with Crippen LogP contribution in [0.3, 0.4) is 0 Å². The molecular weight excluding hydrogens is 336 g/mol. The van der Waals surface area contributed by atoms with Gasteiger partial charge in [0.1, 0.15) is 6.54 Å². The fourth-order valence-corrected chi connectivity index (χ4v) is 3.55. The Bertz CT molecular complexity index is 684. The molecule has 0 saturated heterocycles. The van der Waals surface area contributed by atoms with Crippen molar-refractivity contribution in [2.45, 2.75) is 44.7 Å². The summed E-state index contributed by atoms with van der Waals surface area (Å²) in [4.78, 5) is 26.7. The molecule has 2 aromatic rings. The lowest BCUT2D eigenvalue weighted by atomic mass is 9.95. The van der Waals surface area contributed by atoms with Crippen LogP contribution in [0.2, 0.25) is 0 Å². The molecule has 6 nitrogen and oxygen atoms in total. The minimum absolute atomic E-state index is 0.0295. The second-order valence-electron chi connectivity index (χ2n) is 6.34. The Morgan fingerprint density at radius 1 is 1.16 bits per heavy atom. The molecule has 1 aliphatic rings. The summed E-state index contributed by atoms with van der Waals surface area (Å²) in [7, 11) is 0. The van der Waals surface area contributed by atoms with Gasteiger partial charge in [-0.05, 0) is 29.9 Å². The Hall–Kier alpha value is -2.28. The second-order valence-corrected chi connectivity index (χ2v) is 6.95. The van der Waals surface area contributed by atoms with E-state index in [0.29, 0.717) is 6.54 Å². The van der Waals surface area contributed by atoms with Crippen LogP contribution in [-0.2, 0) is 11.3 Å². The number of carbonyl (C=O) groups is 2. The van der Waals surface area contributed by atoms with Gasteiger partial charge in [0.25, 0.3) is 5.91 Å². The molecule has 3 rings (SSSR count). The zero-order chi connectivity index (χ0) is 17.5. The topological polar surface area (TPSA) is 75.2 Å². The van der Waals surface area contributed by atoms with Gasteiger partial charge in [-0.25, -0.2) is 0 Å². The predicted molar refractivity (Wildman–Crippen MR) is 96.1 cm³/mol. The van der Waals surface area contributed by atoms with Gasteiger partial charge in [0.15, 0.2) is 5.69 Å². The molecule has 0 spiro atoms. The first-order valence-electron chi connectivity index (χ1n) is 8.62. The van der Waals surface area contributed by atoms with Gasteiger partial charge in [0.05, 0.1) is 0 Å². The number of aromatic nitrogens is 2. The third-order valence-electron chi connectivity index (χ3n) is 4.39. The molecule has 2 amide bonds. The van der Waals surface area contributed by atoms with E-state index in [0.717, 1.165) is 42.8 Å². The fourth-order valence-electron chi connectivity index (χ4n) is 3.12. The Labute approximate surface area is 151 Å². The normalized spacial score (nSPS) is 14.9. The molecule has 132 valence electrons. The molecule has 0 bridgehead atoms.